The second kappa shape index (κ2) is 8.68. The van der Waals surface area contributed by atoms with Crippen LogP contribution in [-0.2, 0) is 16.1 Å². The monoisotopic (exact) mass is 333 g/mol. The van der Waals surface area contributed by atoms with Crippen molar-refractivity contribution in [2.45, 2.75) is 19.4 Å². The van der Waals surface area contributed by atoms with Crippen LogP contribution in [0.2, 0.25) is 0 Å². The fourth-order valence-electron chi connectivity index (χ4n) is 2.67. The van der Waals surface area contributed by atoms with E-state index in [0.717, 1.165) is 24.3 Å². The molecule has 0 heterocycles. The van der Waals surface area contributed by atoms with Crippen LogP contribution in [0.4, 0.5) is 0 Å². The lowest BCUT2D eigenvalue weighted by atomic mass is 10.2. The minimum absolute atomic E-state index is 0.00815. The van der Waals surface area contributed by atoms with Gasteiger partial charge in [0.1, 0.15) is 5.75 Å². The molecule has 1 aromatic carbocycles. The first-order valence-electron chi connectivity index (χ1n) is 8.35. The molecule has 24 heavy (non-hydrogen) atoms. The van der Waals surface area contributed by atoms with Gasteiger partial charge in [-0.15, -0.1) is 0 Å². The molecule has 1 fully saturated rings. The van der Waals surface area contributed by atoms with Crippen LogP contribution in [0.25, 0.3) is 0 Å². The van der Waals surface area contributed by atoms with E-state index in [-0.39, 0.29) is 23.7 Å². The van der Waals surface area contributed by atoms with Gasteiger partial charge in [-0.2, -0.15) is 0 Å². The summed E-state index contributed by atoms with van der Waals surface area (Å²) >= 11 is 0. The fourth-order valence-corrected chi connectivity index (χ4v) is 2.67. The predicted molar refractivity (Wildman–Crippen MR) is 92.6 cm³/mol. The van der Waals surface area contributed by atoms with Crippen LogP contribution in [0.1, 0.15) is 18.4 Å². The first-order chi connectivity index (χ1) is 11.5. The third-order valence-corrected chi connectivity index (χ3v) is 4.19. The van der Waals surface area contributed by atoms with E-state index in [2.05, 4.69) is 15.5 Å². The Balaban J connectivity index is 1.70. The van der Waals surface area contributed by atoms with E-state index in [4.69, 9.17) is 4.74 Å². The molecule has 0 aromatic heterocycles. The maximum atomic E-state index is 12.2. The van der Waals surface area contributed by atoms with Gasteiger partial charge in [-0.05, 0) is 39.5 Å². The van der Waals surface area contributed by atoms with Crippen molar-refractivity contribution >= 4 is 11.8 Å². The average molecular weight is 333 g/mol. The Morgan fingerprint density at radius 2 is 1.83 bits per heavy atom. The summed E-state index contributed by atoms with van der Waals surface area (Å²) in [5.74, 6) is 0.305. The first kappa shape index (κ1) is 18.3. The zero-order chi connectivity index (χ0) is 17.5. The normalized spacial score (nSPS) is 19.0. The molecule has 0 aliphatic heterocycles. The van der Waals surface area contributed by atoms with Gasteiger partial charge in [0, 0.05) is 18.7 Å². The Labute approximate surface area is 143 Å². The molecular weight excluding hydrogens is 306 g/mol. The van der Waals surface area contributed by atoms with Crippen LogP contribution in [0.5, 0.6) is 5.75 Å². The van der Waals surface area contributed by atoms with Crippen LogP contribution in [-0.4, -0.2) is 51.0 Å². The van der Waals surface area contributed by atoms with E-state index in [0.29, 0.717) is 19.5 Å². The molecule has 1 aliphatic rings. The average Bonchev–Trinajstić information content (AvgIpc) is 3.37. The summed E-state index contributed by atoms with van der Waals surface area (Å²) in [6, 6.07) is 7.58. The second-order valence-corrected chi connectivity index (χ2v) is 6.43. The van der Waals surface area contributed by atoms with Crippen LogP contribution < -0.4 is 15.4 Å². The molecule has 0 bridgehead atoms. The molecule has 6 nitrogen and oxygen atoms in total. The smallest absolute Gasteiger partial charge is 0.224 e. The van der Waals surface area contributed by atoms with Crippen molar-refractivity contribution in [3.8, 4) is 5.75 Å². The summed E-state index contributed by atoms with van der Waals surface area (Å²) in [6.07, 6.45) is 1.55. The number of rotatable bonds is 9. The number of hydrogen-bond donors (Lipinski definition) is 2. The van der Waals surface area contributed by atoms with E-state index in [9.17, 15) is 9.59 Å². The van der Waals surface area contributed by atoms with Gasteiger partial charge < -0.3 is 20.3 Å². The molecule has 2 N–H and O–H groups in total. The molecule has 6 heteroatoms. The highest BCUT2D eigenvalue weighted by molar-refractivity contribution is 5.92. The van der Waals surface area contributed by atoms with Gasteiger partial charge >= 0.3 is 0 Å². The van der Waals surface area contributed by atoms with Gasteiger partial charge in [0.25, 0.3) is 0 Å². The lowest BCUT2D eigenvalue weighted by Gasteiger charge is -2.10. The van der Waals surface area contributed by atoms with E-state index >= 15 is 0 Å². The molecule has 1 aliphatic carbocycles. The van der Waals surface area contributed by atoms with Crippen LogP contribution in [0, 0.1) is 11.8 Å². The number of ether oxygens (including phenoxy) is 1. The molecule has 0 spiro atoms. The van der Waals surface area contributed by atoms with Gasteiger partial charge in [0.2, 0.25) is 11.8 Å². The summed E-state index contributed by atoms with van der Waals surface area (Å²) in [5, 5.41) is 5.81. The third kappa shape index (κ3) is 5.23. The molecule has 1 saturated carbocycles. The number of nitrogens with one attached hydrogen (secondary N) is 2. The standard InChI is InChI=1S/C18H27N3O3/c1-21(2)10-6-9-19-17(22)14-11-15(14)18(23)20-12-13-7-4-5-8-16(13)24-3/h4-5,7-8,14-15H,6,9-12H2,1-3H3,(H,19,22)(H,20,23). The van der Waals surface area contributed by atoms with Crippen molar-refractivity contribution in [3.63, 3.8) is 0 Å². The number of para-hydroxylation sites is 1. The summed E-state index contributed by atoms with van der Waals surface area (Å²) in [5.41, 5.74) is 0.929. The number of carbonyl (C=O) groups is 2. The molecule has 0 saturated heterocycles. The quantitative estimate of drug-likeness (QED) is 0.662. The minimum Gasteiger partial charge on any atom is -0.496 e. The molecule has 132 valence electrons. The van der Waals surface area contributed by atoms with Crippen molar-refractivity contribution in [1.29, 1.82) is 0 Å². The van der Waals surface area contributed by atoms with Crippen molar-refractivity contribution in [2.75, 3.05) is 34.3 Å². The molecule has 2 amide bonds. The van der Waals surface area contributed by atoms with Crippen molar-refractivity contribution in [3.05, 3.63) is 29.8 Å². The van der Waals surface area contributed by atoms with Crippen molar-refractivity contribution < 1.29 is 14.3 Å². The Hall–Kier alpha value is -2.08. The van der Waals surface area contributed by atoms with Crippen LogP contribution >= 0.6 is 0 Å². The molecule has 2 rings (SSSR count). The number of methoxy groups -OCH3 is 1. The largest absolute Gasteiger partial charge is 0.496 e. The fraction of sp³-hybridized carbons (Fsp3) is 0.556. The Bertz CT molecular complexity index is 574. The first-order valence-corrected chi connectivity index (χ1v) is 8.35. The number of carbonyl (C=O) groups excluding carboxylic acids is 2. The van der Waals surface area contributed by atoms with E-state index in [1.807, 2.05) is 38.4 Å². The molecule has 0 radical (unpaired) electrons. The number of hydrogen-bond acceptors (Lipinski definition) is 4. The number of nitrogens with zero attached hydrogens (tertiary/aromatic N) is 1. The van der Waals surface area contributed by atoms with E-state index in [1.54, 1.807) is 7.11 Å². The Kier molecular flexibility index (Phi) is 6.61. The Morgan fingerprint density at radius 1 is 1.17 bits per heavy atom. The molecule has 2 atom stereocenters. The topological polar surface area (TPSA) is 70.7 Å². The number of amides is 2. The highest BCUT2D eigenvalue weighted by Crippen LogP contribution is 2.38. The lowest BCUT2D eigenvalue weighted by molar-refractivity contribution is -0.127. The van der Waals surface area contributed by atoms with E-state index < -0.39 is 0 Å². The summed E-state index contributed by atoms with van der Waals surface area (Å²) in [4.78, 5) is 26.3. The molecule has 1 aromatic rings. The zero-order valence-electron chi connectivity index (χ0n) is 14.7. The minimum atomic E-state index is -0.200. The highest BCUT2D eigenvalue weighted by atomic mass is 16.5. The van der Waals surface area contributed by atoms with Gasteiger partial charge in [0.05, 0.1) is 18.9 Å². The van der Waals surface area contributed by atoms with Crippen molar-refractivity contribution in [2.24, 2.45) is 11.8 Å². The predicted octanol–water partition coefficient (Wildman–Crippen LogP) is 1.02. The zero-order valence-corrected chi connectivity index (χ0v) is 14.7. The maximum Gasteiger partial charge on any atom is 0.224 e. The molecular formula is C18H27N3O3. The van der Waals surface area contributed by atoms with Gasteiger partial charge in [0.15, 0.2) is 0 Å². The van der Waals surface area contributed by atoms with Gasteiger partial charge in [-0.25, -0.2) is 0 Å². The summed E-state index contributed by atoms with van der Waals surface area (Å²) in [6.45, 7) is 2.01. The van der Waals surface area contributed by atoms with Gasteiger partial charge in [-0.3, -0.25) is 9.59 Å². The highest BCUT2D eigenvalue weighted by Gasteiger charge is 2.47. The SMILES string of the molecule is COc1ccccc1CNC(=O)C1CC1C(=O)NCCCN(C)C. The lowest BCUT2D eigenvalue weighted by Crippen LogP contribution is -2.31. The van der Waals surface area contributed by atoms with E-state index in [1.165, 1.54) is 0 Å². The summed E-state index contributed by atoms with van der Waals surface area (Å²) in [7, 11) is 5.62. The van der Waals surface area contributed by atoms with Crippen LogP contribution in [0.3, 0.4) is 0 Å². The van der Waals surface area contributed by atoms with Crippen LogP contribution in [0.15, 0.2) is 24.3 Å². The third-order valence-electron chi connectivity index (χ3n) is 4.19. The van der Waals surface area contributed by atoms with Crippen molar-refractivity contribution in [1.82, 2.24) is 15.5 Å². The van der Waals surface area contributed by atoms with Gasteiger partial charge in [-0.1, -0.05) is 18.2 Å². The maximum absolute atomic E-state index is 12.2. The summed E-state index contributed by atoms with van der Waals surface area (Å²) < 4.78 is 5.27. The molecule has 2 unspecified atom stereocenters. The Morgan fingerprint density at radius 3 is 2.50 bits per heavy atom. The number of benzene rings is 1. The second-order valence-electron chi connectivity index (χ2n) is 6.43.